The fraction of sp³-hybridized carbons (Fsp3) is 0.438. The van der Waals surface area contributed by atoms with E-state index in [1.54, 1.807) is 24.3 Å². The lowest BCUT2D eigenvalue weighted by molar-refractivity contribution is -0.135. The molecule has 2 atom stereocenters. The van der Waals surface area contributed by atoms with Crippen LogP contribution >= 0.6 is 11.8 Å². The van der Waals surface area contributed by atoms with Crippen LogP contribution in [-0.4, -0.2) is 11.9 Å². The molecule has 0 aromatic heterocycles. The Morgan fingerprint density at radius 1 is 1.36 bits per heavy atom. The molecule has 6 heteroatoms. The predicted octanol–water partition coefficient (Wildman–Crippen LogP) is 3.27. The lowest BCUT2D eigenvalue weighted by Crippen LogP contribution is -2.35. The zero-order valence-electron chi connectivity index (χ0n) is 12.4. The van der Waals surface area contributed by atoms with Gasteiger partial charge >= 0.3 is 5.97 Å². The standard InChI is InChI=1S/C16H18N2O3S/c1-11-5-4-6-12(9-11)15(19)18-21-16(20)13-7-2-3-8-14(13)22-10-17/h2-3,7-8,11-12H,4-6,9H2,1H3,(H,18,19). The van der Waals surface area contributed by atoms with Crippen molar-refractivity contribution in [2.45, 2.75) is 37.5 Å². The number of hydroxylamine groups is 1. The molecule has 1 aliphatic carbocycles. The van der Waals surface area contributed by atoms with Gasteiger partial charge in [0.05, 0.1) is 5.56 Å². The first-order chi connectivity index (χ1) is 10.6. The van der Waals surface area contributed by atoms with Gasteiger partial charge in [0.1, 0.15) is 5.40 Å². The first-order valence-electron chi connectivity index (χ1n) is 7.27. The van der Waals surface area contributed by atoms with Crippen molar-refractivity contribution in [2.24, 2.45) is 11.8 Å². The second-order valence-corrected chi connectivity index (χ2v) is 6.34. The van der Waals surface area contributed by atoms with Crippen molar-refractivity contribution in [3.8, 4) is 5.40 Å². The highest BCUT2D eigenvalue weighted by Gasteiger charge is 2.26. The van der Waals surface area contributed by atoms with Gasteiger partial charge in [-0.25, -0.2) is 4.79 Å². The number of nitriles is 1. The Balaban J connectivity index is 1.93. The molecule has 5 nitrogen and oxygen atoms in total. The molecule has 0 saturated heterocycles. The van der Waals surface area contributed by atoms with Crippen LogP contribution in [0.3, 0.4) is 0 Å². The van der Waals surface area contributed by atoms with E-state index < -0.39 is 5.97 Å². The molecule has 0 bridgehead atoms. The van der Waals surface area contributed by atoms with Crippen molar-refractivity contribution >= 4 is 23.6 Å². The maximum atomic E-state index is 12.0. The molecule has 1 amide bonds. The van der Waals surface area contributed by atoms with Gasteiger partial charge in [0.2, 0.25) is 0 Å². The number of nitrogens with one attached hydrogen (secondary N) is 1. The number of thioether (sulfide) groups is 1. The maximum absolute atomic E-state index is 12.0. The molecule has 0 heterocycles. The molecule has 1 fully saturated rings. The molecule has 0 spiro atoms. The van der Waals surface area contributed by atoms with Crippen LogP contribution in [0.5, 0.6) is 0 Å². The van der Waals surface area contributed by atoms with Crippen LogP contribution in [0.15, 0.2) is 29.2 Å². The molecule has 2 unspecified atom stereocenters. The maximum Gasteiger partial charge on any atom is 0.364 e. The van der Waals surface area contributed by atoms with E-state index in [9.17, 15) is 9.59 Å². The number of carbonyl (C=O) groups is 2. The third-order valence-electron chi connectivity index (χ3n) is 3.81. The van der Waals surface area contributed by atoms with Gasteiger partial charge in [-0.2, -0.15) is 10.7 Å². The Kier molecular flexibility index (Phi) is 5.84. The van der Waals surface area contributed by atoms with Crippen molar-refractivity contribution in [1.82, 2.24) is 5.48 Å². The first kappa shape index (κ1) is 16.4. The predicted molar refractivity (Wildman–Crippen MR) is 82.6 cm³/mol. The fourth-order valence-electron chi connectivity index (χ4n) is 2.68. The molecule has 1 aromatic rings. The number of carbonyl (C=O) groups excluding carboxylic acids is 2. The molecular formula is C16H18N2O3S. The number of rotatable bonds is 3. The zero-order valence-corrected chi connectivity index (χ0v) is 13.2. The summed E-state index contributed by atoms with van der Waals surface area (Å²) in [7, 11) is 0. The van der Waals surface area contributed by atoms with Crippen molar-refractivity contribution in [1.29, 1.82) is 5.26 Å². The van der Waals surface area contributed by atoms with Crippen LogP contribution in [0.2, 0.25) is 0 Å². The van der Waals surface area contributed by atoms with Gasteiger partial charge in [0.15, 0.2) is 0 Å². The van der Waals surface area contributed by atoms with Crippen LogP contribution in [0.4, 0.5) is 0 Å². The van der Waals surface area contributed by atoms with Gasteiger partial charge < -0.3 is 4.84 Å². The summed E-state index contributed by atoms with van der Waals surface area (Å²) in [5.74, 6) is -0.478. The van der Waals surface area contributed by atoms with E-state index in [4.69, 9.17) is 10.1 Å². The number of nitrogens with zero attached hydrogens (tertiary/aromatic N) is 1. The quantitative estimate of drug-likeness (QED) is 0.525. The Morgan fingerprint density at radius 2 is 2.14 bits per heavy atom. The molecule has 116 valence electrons. The topological polar surface area (TPSA) is 79.2 Å². The molecule has 1 aliphatic rings. The largest absolute Gasteiger partial charge is 0.364 e. The van der Waals surface area contributed by atoms with Gasteiger partial charge in [-0.3, -0.25) is 4.79 Å². The van der Waals surface area contributed by atoms with Crippen LogP contribution < -0.4 is 5.48 Å². The van der Waals surface area contributed by atoms with E-state index in [0.29, 0.717) is 10.8 Å². The lowest BCUT2D eigenvalue weighted by Gasteiger charge is -2.25. The fourth-order valence-corrected chi connectivity index (χ4v) is 3.19. The molecule has 1 aromatic carbocycles. The third kappa shape index (κ3) is 4.25. The van der Waals surface area contributed by atoms with Gasteiger partial charge in [0.25, 0.3) is 5.91 Å². The molecule has 0 radical (unpaired) electrons. The minimum atomic E-state index is -0.657. The van der Waals surface area contributed by atoms with Gasteiger partial charge in [0, 0.05) is 10.8 Å². The first-order valence-corrected chi connectivity index (χ1v) is 8.09. The van der Waals surface area contributed by atoms with Crippen molar-refractivity contribution < 1.29 is 14.4 Å². The third-order valence-corrected chi connectivity index (χ3v) is 4.48. The summed E-state index contributed by atoms with van der Waals surface area (Å²) in [5.41, 5.74) is 2.53. The van der Waals surface area contributed by atoms with Crippen LogP contribution in [-0.2, 0) is 9.63 Å². The number of benzene rings is 1. The van der Waals surface area contributed by atoms with Gasteiger partial charge in [-0.1, -0.05) is 31.9 Å². The highest BCUT2D eigenvalue weighted by atomic mass is 32.2. The van der Waals surface area contributed by atoms with Crippen LogP contribution in [0.25, 0.3) is 0 Å². The average molecular weight is 318 g/mol. The minimum Gasteiger partial charge on any atom is -0.335 e. The summed E-state index contributed by atoms with van der Waals surface area (Å²) in [4.78, 5) is 29.5. The number of hydrogen-bond donors (Lipinski definition) is 1. The SMILES string of the molecule is CC1CCCC(C(=O)NOC(=O)c2ccccc2SC#N)C1. The van der Waals surface area contributed by atoms with Crippen LogP contribution in [0.1, 0.15) is 43.0 Å². The summed E-state index contributed by atoms with van der Waals surface area (Å²) in [5, 5.41) is 10.7. The Labute approximate surface area is 134 Å². The second-order valence-electron chi connectivity index (χ2n) is 5.51. The Hall–Kier alpha value is -2.00. The molecular weight excluding hydrogens is 300 g/mol. The van der Waals surface area contributed by atoms with Gasteiger partial charge in [-0.05, 0) is 42.7 Å². The monoisotopic (exact) mass is 318 g/mol. The Bertz CT molecular complexity index is 597. The van der Waals surface area contributed by atoms with Crippen LogP contribution in [0, 0.1) is 22.5 Å². The summed E-state index contributed by atoms with van der Waals surface area (Å²) in [6, 6.07) is 6.65. The molecule has 2 rings (SSSR count). The van der Waals surface area contributed by atoms with E-state index in [2.05, 4.69) is 12.4 Å². The summed E-state index contributed by atoms with van der Waals surface area (Å²) < 4.78 is 0. The van der Waals surface area contributed by atoms with Crippen molar-refractivity contribution in [3.05, 3.63) is 29.8 Å². The van der Waals surface area contributed by atoms with E-state index in [1.165, 1.54) is 0 Å². The molecule has 22 heavy (non-hydrogen) atoms. The normalized spacial score (nSPS) is 20.7. The minimum absolute atomic E-state index is 0.0970. The smallest absolute Gasteiger partial charge is 0.335 e. The van der Waals surface area contributed by atoms with Crippen molar-refractivity contribution in [3.63, 3.8) is 0 Å². The molecule has 1 N–H and O–H groups in total. The van der Waals surface area contributed by atoms with Crippen molar-refractivity contribution in [2.75, 3.05) is 0 Å². The molecule has 1 saturated carbocycles. The summed E-state index contributed by atoms with van der Waals surface area (Å²) >= 11 is 0.885. The van der Waals surface area contributed by atoms with Gasteiger partial charge in [-0.15, -0.1) is 0 Å². The lowest BCUT2D eigenvalue weighted by atomic mass is 9.82. The Morgan fingerprint density at radius 3 is 2.86 bits per heavy atom. The zero-order chi connectivity index (χ0) is 15.9. The second kappa shape index (κ2) is 7.85. The average Bonchev–Trinajstić information content (AvgIpc) is 2.53. The number of amides is 1. The molecule has 0 aliphatic heterocycles. The van der Waals surface area contributed by atoms with E-state index >= 15 is 0 Å². The highest BCUT2D eigenvalue weighted by Crippen LogP contribution is 2.28. The number of thiocyanates is 1. The van der Waals surface area contributed by atoms with E-state index in [0.717, 1.165) is 37.4 Å². The number of hydrogen-bond acceptors (Lipinski definition) is 5. The summed E-state index contributed by atoms with van der Waals surface area (Å²) in [6.07, 6.45) is 3.82. The summed E-state index contributed by atoms with van der Waals surface area (Å²) in [6.45, 7) is 2.13. The van der Waals surface area contributed by atoms with E-state index in [1.807, 2.05) is 5.40 Å². The highest BCUT2D eigenvalue weighted by molar-refractivity contribution is 8.03. The van der Waals surface area contributed by atoms with E-state index in [-0.39, 0.29) is 17.4 Å².